The Balaban J connectivity index is 2.52. The Morgan fingerprint density at radius 3 is 2.53 bits per heavy atom. The Morgan fingerprint density at radius 2 is 2.00 bits per heavy atom. The second-order valence-electron chi connectivity index (χ2n) is 6.95. The first-order valence-electron chi connectivity index (χ1n) is 7.16. The number of hydrogen-bond donors (Lipinski definition) is 1. The van der Waals surface area contributed by atoms with E-state index in [1.165, 1.54) is 25.5 Å². The highest BCUT2D eigenvalue weighted by molar-refractivity contribution is 7.90. The highest BCUT2D eigenvalue weighted by Gasteiger charge is 2.34. The predicted molar refractivity (Wildman–Crippen MR) is 81.2 cm³/mol. The highest BCUT2D eigenvalue weighted by atomic mass is 32.2. The zero-order chi connectivity index (χ0) is 14.7. The fraction of sp³-hybridized carbons (Fsp3) is 1.00. The Bertz CT molecular complexity index is 379. The molecule has 2 atom stereocenters. The molecule has 4 nitrogen and oxygen atoms in total. The maximum atomic E-state index is 11.2. The van der Waals surface area contributed by atoms with E-state index >= 15 is 0 Å². The van der Waals surface area contributed by atoms with Crippen LogP contribution in [0.1, 0.15) is 33.1 Å². The molecule has 5 heteroatoms. The maximum absolute atomic E-state index is 11.2. The van der Waals surface area contributed by atoms with Gasteiger partial charge in [0.05, 0.1) is 5.75 Å². The lowest BCUT2D eigenvalue weighted by Crippen LogP contribution is -2.46. The van der Waals surface area contributed by atoms with Crippen molar-refractivity contribution in [3.8, 4) is 0 Å². The van der Waals surface area contributed by atoms with E-state index in [0.717, 1.165) is 6.54 Å². The smallest absolute Gasteiger partial charge is 0.148 e. The van der Waals surface area contributed by atoms with Crippen LogP contribution in [0.15, 0.2) is 0 Å². The number of rotatable bonds is 6. The summed E-state index contributed by atoms with van der Waals surface area (Å²) in [6.07, 6.45) is 5.00. The van der Waals surface area contributed by atoms with Crippen molar-refractivity contribution in [3.63, 3.8) is 0 Å². The van der Waals surface area contributed by atoms with Crippen molar-refractivity contribution in [2.24, 2.45) is 11.3 Å². The monoisotopic (exact) mass is 290 g/mol. The molecule has 1 fully saturated rings. The maximum Gasteiger partial charge on any atom is 0.148 e. The van der Waals surface area contributed by atoms with E-state index in [-0.39, 0.29) is 5.75 Å². The first-order chi connectivity index (χ1) is 8.63. The molecular formula is C14H30N2O2S. The van der Waals surface area contributed by atoms with Crippen molar-refractivity contribution in [2.45, 2.75) is 39.2 Å². The van der Waals surface area contributed by atoms with Gasteiger partial charge >= 0.3 is 0 Å². The van der Waals surface area contributed by atoms with Gasteiger partial charge in [-0.1, -0.05) is 13.8 Å². The Kier molecular flexibility index (Phi) is 5.83. The molecule has 1 aliphatic rings. The third-order valence-electron chi connectivity index (χ3n) is 4.28. The lowest BCUT2D eigenvalue weighted by atomic mass is 9.70. The van der Waals surface area contributed by atoms with Crippen LogP contribution in [-0.4, -0.2) is 58.6 Å². The van der Waals surface area contributed by atoms with Crippen molar-refractivity contribution in [1.29, 1.82) is 0 Å². The van der Waals surface area contributed by atoms with Crippen LogP contribution in [0.25, 0.3) is 0 Å². The van der Waals surface area contributed by atoms with Crippen LogP contribution in [0.2, 0.25) is 0 Å². The van der Waals surface area contributed by atoms with Gasteiger partial charge in [0.1, 0.15) is 9.84 Å². The highest BCUT2D eigenvalue weighted by Crippen LogP contribution is 2.38. The summed E-state index contributed by atoms with van der Waals surface area (Å²) in [6, 6.07) is 0.564. The molecule has 0 bridgehead atoms. The van der Waals surface area contributed by atoms with Gasteiger partial charge in [0.15, 0.2) is 0 Å². The largest absolute Gasteiger partial charge is 0.317 e. The van der Waals surface area contributed by atoms with Gasteiger partial charge in [-0.25, -0.2) is 8.42 Å². The van der Waals surface area contributed by atoms with Crippen molar-refractivity contribution in [2.75, 3.05) is 39.2 Å². The lowest BCUT2D eigenvalue weighted by molar-refractivity contribution is 0.114. The Hall–Kier alpha value is -0.130. The molecule has 0 aromatic heterocycles. The third kappa shape index (κ3) is 6.23. The van der Waals surface area contributed by atoms with Gasteiger partial charge < -0.3 is 10.2 Å². The molecule has 0 aromatic carbocycles. The summed E-state index contributed by atoms with van der Waals surface area (Å²) in [7, 11) is 1.20. The predicted octanol–water partition coefficient (Wildman–Crippen LogP) is 1.38. The number of nitrogens with one attached hydrogen (secondary N) is 1. The molecule has 1 rings (SSSR count). The van der Waals surface area contributed by atoms with Gasteiger partial charge in [-0.05, 0) is 44.7 Å². The average Bonchev–Trinajstić information content (AvgIpc) is 2.25. The minimum atomic E-state index is -2.86. The molecule has 0 radical (unpaired) electrons. The molecule has 0 saturated heterocycles. The van der Waals surface area contributed by atoms with Gasteiger partial charge in [0.2, 0.25) is 0 Å². The van der Waals surface area contributed by atoms with E-state index in [2.05, 4.69) is 24.1 Å². The van der Waals surface area contributed by atoms with Gasteiger partial charge in [-0.2, -0.15) is 0 Å². The Labute approximate surface area is 118 Å². The molecule has 0 spiro atoms. The molecule has 0 aromatic rings. The Morgan fingerprint density at radius 1 is 1.37 bits per heavy atom. The van der Waals surface area contributed by atoms with Crippen LogP contribution < -0.4 is 5.32 Å². The molecule has 2 unspecified atom stereocenters. The topological polar surface area (TPSA) is 49.4 Å². The van der Waals surface area contributed by atoms with Gasteiger partial charge in [-0.3, -0.25) is 0 Å². The van der Waals surface area contributed by atoms with Gasteiger partial charge in [0.25, 0.3) is 0 Å². The number of hydrogen-bond acceptors (Lipinski definition) is 4. The van der Waals surface area contributed by atoms with Crippen LogP contribution in [0.3, 0.4) is 0 Å². The first-order valence-corrected chi connectivity index (χ1v) is 9.22. The van der Waals surface area contributed by atoms with Crippen LogP contribution in [-0.2, 0) is 9.84 Å². The van der Waals surface area contributed by atoms with Crippen LogP contribution >= 0.6 is 0 Å². The minimum Gasteiger partial charge on any atom is -0.317 e. The molecule has 1 saturated carbocycles. The van der Waals surface area contributed by atoms with Gasteiger partial charge in [-0.15, -0.1) is 0 Å². The molecule has 19 heavy (non-hydrogen) atoms. The van der Waals surface area contributed by atoms with E-state index in [0.29, 0.717) is 23.9 Å². The van der Waals surface area contributed by atoms with Crippen molar-refractivity contribution in [1.82, 2.24) is 10.2 Å². The van der Waals surface area contributed by atoms with E-state index in [1.54, 1.807) is 0 Å². The normalized spacial score (nSPS) is 27.7. The minimum absolute atomic E-state index is 0.254. The zero-order valence-corrected chi connectivity index (χ0v) is 13.9. The summed E-state index contributed by atoms with van der Waals surface area (Å²) in [5, 5.41) is 3.42. The molecule has 1 N–H and O–H groups in total. The SMILES string of the molecule is CNC1CCC(C)(C)CC1CN(C)CCS(C)(=O)=O. The second-order valence-corrected chi connectivity index (χ2v) is 9.21. The third-order valence-corrected chi connectivity index (χ3v) is 5.20. The van der Waals surface area contributed by atoms with E-state index < -0.39 is 9.84 Å². The van der Waals surface area contributed by atoms with E-state index in [1.807, 2.05) is 14.1 Å². The van der Waals surface area contributed by atoms with Crippen molar-refractivity contribution >= 4 is 9.84 Å². The molecule has 0 heterocycles. The fourth-order valence-corrected chi connectivity index (χ4v) is 3.76. The molecule has 114 valence electrons. The summed E-state index contributed by atoms with van der Waals surface area (Å²) >= 11 is 0. The van der Waals surface area contributed by atoms with Crippen molar-refractivity contribution < 1.29 is 8.42 Å². The summed E-state index contributed by atoms with van der Waals surface area (Å²) in [5.74, 6) is 0.863. The number of sulfone groups is 1. The van der Waals surface area contributed by atoms with Crippen LogP contribution in [0.4, 0.5) is 0 Å². The van der Waals surface area contributed by atoms with Crippen LogP contribution in [0.5, 0.6) is 0 Å². The molecular weight excluding hydrogens is 260 g/mol. The second kappa shape index (κ2) is 6.55. The lowest BCUT2D eigenvalue weighted by Gasteiger charge is -2.42. The molecule has 0 aliphatic heterocycles. The first kappa shape index (κ1) is 16.9. The van der Waals surface area contributed by atoms with Gasteiger partial charge in [0, 0.05) is 25.4 Å². The number of nitrogens with zero attached hydrogens (tertiary/aromatic N) is 1. The standard InChI is InChI=1S/C14H30N2O2S/c1-14(2)7-6-13(15-3)12(10-14)11-16(4)8-9-19(5,17)18/h12-13,15H,6-11H2,1-5H3. The summed E-state index contributed by atoms with van der Waals surface area (Å²) in [6.45, 7) is 6.28. The fourth-order valence-electron chi connectivity index (χ4n) is 3.12. The average molecular weight is 290 g/mol. The quantitative estimate of drug-likeness (QED) is 0.803. The van der Waals surface area contributed by atoms with E-state index in [4.69, 9.17) is 0 Å². The van der Waals surface area contributed by atoms with E-state index in [9.17, 15) is 8.42 Å². The molecule has 0 amide bonds. The van der Waals surface area contributed by atoms with Crippen LogP contribution in [0, 0.1) is 11.3 Å². The summed E-state index contributed by atoms with van der Waals surface area (Å²) < 4.78 is 22.4. The summed E-state index contributed by atoms with van der Waals surface area (Å²) in [5.41, 5.74) is 0.412. The van der Waals surface area contributed by atoms with Crippen molar-refractivity contribution in [3.05, 3.63) is 0 Å². The summed E-state index contributed by atoms with van der Waals surface area (Å²) in [4.78, 5) is 2.16. The zero-order valence-electron chi connectivity index (χ0n) is 13.1. The molecule has 1 aliphatic carbocycles.